The van der Waals surface area contributed by atoms with E-state index in [1.807, 2.05) is 28.8 Å². The Labute approximate surface area is 127 Å². The summed E-state index contributed by atoms with van der Waals surface area (Å²) in [6, 6.07) is 7.65. The van der Waals surface area contributed by atoms with Crippen LogP contribution in [-0.4, -0.2) is 36.9 Å². The van der Waals surface area contributed by atoms with Crippen LogP contribution in [0.3, 0.4) is 0 Å². The van der Waals surface area contributed by atoms with Gasteiger partial charge in [0.25, 0.3) is 0 Å². The van der Waals surface area contributed by atoms with Crippen LogP contribution in [0.1, 0.15) is 18.2 Å². The molecule has 0 unspecified atom stereocenters. The number of hydrogen-bond donors (Lipinski definition) is 3. The number of aromatic nitrogens is 2. The fourth-order valence-electron chi connectivity index (χ4n) is 1.43. The fourth-order valence-corrected chi connectivity index (χ4v) is 1.63. The van der Waals surface area contributed by atoms with Gasteiger partial charge in [0.05, 0.1) is 31.4 Å². The number of carbonyl (C=O) groups excluding carboxylic acids is 1. The van der Waals surface area contributed by atoms with E-state index in [1.54, 1.807) is 12.5 Å². The zero-order valence-corrected chi connectivity index (χ0v) is 12.2. The first kappa shape index (κ1) is 17.3. The van der Waals surface area contributed by atoms with E-state index >= 15 is 0 Å². The summed E-state index contributed by atoms with van der Waals surface area (Å²) in [6.45, 7) is 1.73. The molecular weight excluding hydrogens is 296 g/mol. The molecule has 1 aromatic carbocycles. The molecule has 7 heteroatoms. The summed E-state index contributed by atoms with van der Waals surface area (Å²) in [6.07, 6.45) is 1.55. The fraction of sp³-hybridized carbons (Fsp3) is 0.286. The van der Waals surface area contributed by atoms with Gasteiger partial charge in [-0.05, 0) is 18.6 Å². The molecule has 0 fully saturated rings. The van der Waals surface area contributed by atoms with Crippen molar-refractivity contribution in [2.45, 2.75) is 26.4 Å². The molecule has 3 N–H and O–H groups in total. The predicted octanol–water partition coefficient (Wildman–Crippen LogP) is 0.963. The molecule has 0 saturated carbocycles. The Balaban J connectivity index is 0.000000315. The molecule has 0 radical (unpaired) electrons. The van der Waals surface area contributed by atoms with Crippen LogP contribution in [0.4, 0.5) is 0 Å². The van der Waals surface area contributed by atoms with Crippen molar-refractivity contribution in [2.24, 2.45) is 0 Å². The van der Waals surface area contributed by atoms with E-state index in [1.165, 1.54) is 0 Å². The molecule has 0 aliphatic heterocycles. The number of rotatable bonds is 4. The smallest absolute Gasteiger partial charge is 0.212 e. The maximum Gasteiger partial charge on any atom is 0.212 e. The number of nitrogens with zero attached hydrogens (tertiary/aromatic N) is 2. The van der Waals surface area contributed by atoms with Gasteiger partial charge in [0.2, 0.25) is 6.29 Å². The number of hydrogen-bond acceptors (Lipinski definition) is 5. The molecule has 1 aromatic heterocycles. The van der Waals surface area contributed by atoms with Crippen molar-refractivity contribution in [2.75, 3.05) is 0 Å². The van der Waals surface area contributed by atoms with Crippen LogP contribution in [0.5, 0.6) is 0 Å². The Bertz CT molecular complexity index is 584. The number of benzene rings is 1. The number of halogens is 1. The third-order valence-electron chi connectivity index (χ3n) is 2.62. The van der Waals surface area contributed by atoms with Crippen molar-refractivity contribution in [3.8, 4) is 0 Å². The Hall–Kier alpha value is -1.73. The molecule has 6 nitrogen and oxygen atoms in total. The van der Waals surface area contributed by atoms with Gasteiger partial charge < -0.3 is 19.9 Å². The Morgan fingerprint density at radius 2 is 2.00 bits per heavy atom. The lowest BCUT2D eigenvalue weighted by Crippen LogP contribution is -2.14. The third-order valence-corrected chi connectivity index (χ3v) is 2.99. The summed E-state index contributed by atoms with van der Waals surface area (Å²) in [4.78, 5) is 13.6. The van der Waals surface area contributed by atoms with Gasteiger partial charge in [-0.25, -0.2) is 4.98 Å². The lowest BCUT2D eigenvalue weighted by atomic mass is 10.2. The molecule has 114 valence electrons. The van der Waals surface area contributed by atoms with Crippen LogP contribution in [0, 0.1) is 0 Å². The highest BCUT2D eigenvalue weighted by molar-refractivity contribution is 6.31. The molecule has 0 spiro atoms. The summed E-state index contributed by atoms with van der Waals surface area (Å²) in [5, 5.41) is 25.5. The lowest BCUT2D eigenvalue weighted by molar-refractivity contribution is -0.142. The number of Topliss-reactive ketones (excluding diaryl/α,β-unsaturated/α-hetero) is 1. The number of imidazole rings is 1. The van der Waals surface area contributed by atoms with E-state index in [0.29, 0.717) is 6.54 Å². The topological polar surface area (TPSA) is 95.6 Å². The van der Waals surface area contributed by atoms with Gasteiger partial charge in [0.15, 0.2) is 5.78 Å². The average Bonchev–Trinajstić information content (AvgIpc) is 2.89. The Morgan fingerprint density at radius 3 is 2.52 bits per heavy atom. The van der Waals surface area contributed by atoms with E-state index in [0.717, 1.165) is 23.2 Å². The van der Waals surface area contributed by atoms with Crippen molar-refractivity contribution in [3.05, 3.63) is 53.1 Å². The van der Waals surface area contributed by atoms with Gasteiger partial charge >= 0.3 is 0 Å². The Kier molecular flexibility index (Phi) is 7.04. The highest BCUT2D eigenvalue weighted by atomic mass is 35.5. The van der Waals surface area contributed by atoms with Crippen LogP contribution in [0.25, 0.3) is 0 Å². The highest BCUT2D eigenvalue weighted by Crippen LogP contribution is 2.16. The van der Waals surface area contributed by atoms with E-state index in [-0.39, 0.29) is 6.61 Å². The second-order valence-corrected chi connectivity index (χ2v) is 4.65. The zero-order valence-electron chi connectivity index (χ0n) is 11.5. The summed E-state index contributed by atoms with van der Waals surface area (Å²) in [5.74, 6) is -0.630. The van der Waals surface area contributed by atoms with Crippen molar-refractivity contribution in [1.29, 1.82) is 0 Å². The predicted molar refractivity (Wildman–Crippen MR) is 77.6 cm³/mol. The molecule has 2 rings (SSSR count). The minimum atomic E-state index is -1.79. The Morgan fingerprint density at radius 1 is 1.38 bits per heavy atom. The number of aliphatic hydroxyl groups excluding tert-OH is 2. The summed E-state index contributed by atoms with van der Waals surface area (Å²) in [5.41, 5.74) is 1.81. The number of ketones is 1. The van der Waals surface area contributed by atoms with E-state index < -0.39 is 12.1 Å². The van der Waals surface area contributed by atoms with E-state index in [2.05, 4.69) is 4.98 Å². The molecule has 0 atom stereocenters. The summed E-state index contributed by atoms with van der Waals surface area (Å²) >= 11 is 6.04. The van der Waals surface area contributed by atoms with Crippen molar-refractivity contribution in [1.82, 2.24) is 9.55 Å². The molecule has 0 aliphatic carbocycles. The SMILES string of the molecule is CC(=O)C(O)O.OCc1cncn1Cc1ccccc1Cl. The molecule has 1 heterocycles. The van der Waals surface area contributed by atoms with Crippen molar-refractivity contribution in [3.63, 3.8) is 0 Å². The monoisotopic (exact) mass is 312 g/mol. The van der Waals surface area contributed by atoms with Gasteiger partial charge in [-0.1, -0.05) is 29.8 Å². The molecule has 21 heavy (non-hydrogen) atoms. The van der Waals surface area contributed by atoms with Crippen LogP contribution in [0.2, 0.25) is 5.02 Å². The van der Waals surface area contributed by atoms with Gasteiger partial charge in [-0.15, -0.1) is 0 Å². The second-order valence-electron chi connectivity index (χ2n) is 4.25. The van der Waals surface area contributed by atoms with E-state index in [4.69, 9.17) is 26.9 Å². The van der Waals surface area contributed by atoms with Crippen molar-refractivity contribution >= 4 is 17.4 Å². The van der Waals surface area contributed by atoms with Gasteiger partial charge in [-0.2, -0.15) is 0 Å². The van der Waals surface area contributed by atoms with E-state index in [9.17, 15) is 4.79 Å². The first-order valence-electron chi connectivity index (χ1n) is 6.15. The second kappa shape index (κ2) is 8.53. The number of aliphatic hydroxyl groups is 3. The van der Waals surface area contributed by atoms with Gasteiger partial charge in [-0.3, -0.25) is 4.79 Å². The van der Waals surface area contributed by atoms with Crippen LogP contribution >= 0.6 is 11.6 Å². The first-order chi connectivity index (χ1) is 9.95. The maximum atomic E-state index is 9.64. The lowest BCUT2D eigenvalue weighted by Gasteiger charge is -2.07. The first-order valence-corrected chi connectivity index (χ1v) is 6.53. The molecule has 0 aliphatic rings. The molecule has 0 amide bonds. The van der Waals surface area contributed by atoms with Crippen LogP contribution in [0.15, 0.2) is 36.8 Å². The zero-order chi connectivity index (χ0) is 15.8. The minimum absolute atomic E-state index is 0.00947. The molecule has 0 bridgehead atoms. The normalized spacial score (nSPS) is 10.2. The third kappa shape index (κ3) is 5.65. The standard InChI is InChI=1S/C11H11ClN2O.C3H6O3/c12-11-4-2-1-3-9(11)6-14-8-13-5-10(14)7-15;1-2(4)3(5)6/h1-5,8,15H,6-7H2;3,5-6H,1H3. The summed E-state index contributed by atoms with van der Waals surface area (Å²) in [7, 11) is 0. The molecule has 0 saturated heterocycles. The van der Waals surface area contributed by atoms with Crippen LogP contribution in [-0.2, 0) is 17.9 Å². The highest BCUT2D eigenvalue weighted by Gasteiger charge is 2.03. The molecular formula is C14H17ClN2O4. The minimum Gasteiger partial charge on any atom is -0.390 e. The largest absolute Gasteiger partial charge is 0.390 e. The van der Waals surface area contributed by atoms with Crippen LogP contribution < -0.4 is 0 Å². The maximum absolute atomic E-state index is 9.64. The summed E-state index contributed by atoms with van der Waals surface area (Å²) < 4.78 is 1.88. The average molecular weight is 313 g/mol. The molecule has 2 aromatic rings. The van der Waals surface area contributed by atoms with Crippen molar-refractivity contribution < 1.29 is 20.1 Å². The van der Waals surface area contributed by atoms with Gasteiger partial charge in [0.1, 0.15) is 0 Å². The van der Waals surface area contributed by atoms with Gasteiger partial charge in [0, 0.05) is 5.02 Å². The number of carbonyl (C=O) groups is 1. The quantitative estimate of drug-likeness (QED) is 0.731.